The lowest BCUT2D eigenvalue weighted by Crippen LogP contribution is -2.45. The number of carbonyl (C=O) groups is 1. The molecule has 0 aliphatic carbocycles. The van der Waals surface area contributed by atoms with Crippen LogP contribution in [-0.4, -0.2) is 24.2 Å². The number of aromatic carboxylic acids is 1. The Morgan fingerprint density at radius 3 is 2.73 bits per heavy atom. The van der Waals surface area contributed by atoms with E-state index in [1.54, 1.807) is 12.1 Å². The summed E-state index contributed by atoms with van der Waals surface area (Å²) < 4.78 is 0.632. The van der Waals surface area contributed by atoms with Crippen LogP contribution < -0.4 is 4.90 Å². The molecule has 1 aromatic carbocycles. The Bertz CT molecular complexity index is 400. The summed E-state index contributed by atoms with van der Waals surface area (Å²) in [5, 5.41) is 8.97. The van der Waals surface area contributed by atoms with Gasteiger partial charge < -0.3 is 10.0 Å². The van der Waals surface area contributed by atoms with Gasteiger partial charge in [0.05, 0.1) is 5.56 Å². The fourth-order valence-electron chi connectivity index (χ4n) is 1.78. The maximum Gasteiger partial charge on any atom is 0.336 e. The number of anilines is 1. The van der Waals surface area contributed by atoms with Crippen molar-refractivity contribution in [3.63, 3.8) is 0 Å². The Labute approximate surface area is 96.8 Å². The highest BCUT2D eigenvalue weighted by atomic mass is 79.9. The van der Waals surface area contributed by atoms with Crippen molar-refractivity contribution in [2.75, 3.05) is 18.0 Å². The van der Waals surface area contributed by atoms with E-state index in [4.69, 9.17) is 5.11 Å². The van der Waals surface area contributed by atoms with Gasteiger partial charge in [-0.15, -0.1) is 0 Å². The minimum Gasteiger partial charge on any atom is -0.478 e. The van der Waals surface area contributed by atoms with Gasteiger partial charge in [0, 0.05) is 23.2 Å². The Morgan fingerprint density at radius 1 is 1.53 bits per heavy atom. The molecule has 1 aliphatic rings. The number of benzene rings is 1. The topological polar surface area (TPSA) is 40.5 Å². The van der Waals surface area contributed by atoms with Crippen LogP contribution in [0.5, 0.6) is 0 Å². The number of halogens is 1. The van der Waals surface area contributed by atoms with E-state index < -0.39 is 5.97 Å². The van der Waals surface area contributed by atoms with Gasteiger partial charge in [0.2, 0.25) is 0 Å². The zero-order valence-corrected chi connectivity index (χ0v) is 9.99. The van der Waals surface area contributed by atoms with Gasteiger partial charge in [-0.25, -0.2) is 4.79 Å². The van der Waals surface area contributed by atoms with Crippen LogP contribution in [0.4, 0.5) is 5.69 Å². The molecule has 0 spiro atoms. The summed E-state index contributed by atoms with van der Waals surface area (Å²) in [6.45, 7) is 4.22. The lowest BCUT2D eigenvalue weighted by molar-refractivity contribution is 0.0696. The average molecular weight is 270 g/mol. The molecule has 0 radical (unpaired) electrons. The van der Waals surface area contributed by atoms with E-state index in [1.165, 1.54) is 0 Å². The molecule has 1 fully saturated rings. The number of hydrogen-bond acceptors (Lipinski definition) is 2. The molecule has 0 unspecified atom stereocenters. The van der Waals surface area contributed by atoms with E-state index >= 15 is 0 Å². The quantitative estimate of drug-likeness (QED) is 0.898. The number of nitrogens with zero attached hydrogens (tertiary/aromatic N) is 1. The van der Waals surface area contributed by atoms with Crippen LogP contribution in [0, 0.1) is 5.92 Å². The van der Waals surface area contributed by atoms with Crippen LogP contribution in [0.1, 0.15) is 17.3 Å². The number of carboxylic acid groups (broad SMARTS) is 1. The van der Waals surface area contributed by atoms with Gasteiger partial charge in [0.15, 0.2) is 0 Å². The fourth-order valence-corrected chi connectivity index (χ4v) is 2.20. The van der Waals surface area contributed by atoms with Gasteiger partial charge in [0.1, 0.15) is 0 Å². The fraction of sp³-hybridized carbons (Fsp3) is 0.364. The Kier molecular flexibility index (Phi) is 2.69. The smallest absolute Gasteiger partial charge is 0.336 e. The maximum atomic E-state index is 10.9. The molecular formula is C11H12BrNO2. The third kappa shape index (κ3) is 2.00. The highest BCUT2D eigenvalue weighted by Crippen LogP contribution is 2.28. The van der Waals surface area contributed by atoms with E-state index in [0.717, 1.165) is 18.8 Å². The average Bonchev–Trinajstić information content (AvgIpc) is 2.14. The largest absolute Gasteiger partial charge is 0.478 e. The first kappa shape index (κ1) is 10.5. The first-order valence-corrected chi connectivity index (χ1v) is 5.65. The van der Waals surface area contributed by atoms with Gasteiger partial charge >= 0.3 is 5.97 Å². The second-order valence-corrected chi connectivity index (χ2v) is 4.83. The van der Waals surface area contributed by atoms with E-state index in [2.05, 4.69) is 27.8 Å². The minimum absolute atomic E-state index is 0.326. The predicted octanol–water partition coefficient (Wildman–Crippen LogP) is 2.60. The van der Waals surface area contributed by atoms with Crippen molar-refractivity contribution in [2.24, 2.45) is 5.92 Å². The Morgan fingerprint density at radius 2 is 2.20 bits per heavy atom. The predicted molar refractivity (Wildman–Crippen MR) is 62.5 cm³/mol. The molecule has 0 atom stereocenters. The summed E-state index contributed by atoms with van der Waals surface area (Å²) in [6, 6.07) is 5.46. The van der Waals surface area contributed by atoms with Gasteiger partial charge in [-0.3, -0.25) is 0 Å². The van der Waals surface area contributed by atoms with E-state index in [1.807, 2.05) is 6.07 Å². The molecule has 15 heavy (non-hydrogen) atoms. The zero-order valence-electron chi connectivity index (χ0n) is 8.40. The molecule has 0 aromatic heterocycles. The van der Waals surface area contributed by atoms with Gasteiger partial charge in [-0.2, -0.15) is 0 Å². The van der Waals surface area contributed by atoms with Crippen molar-refractivity contribution in [1.29, 1.82) is 0 Å². The molecule has 1 aliphatic heterocycles. The number of carboxylic acids is 1. The van der Waals surface area contributed by atoms with Crippen LogP contribution >= 0.6 is 15.9 Å². The maximum absolute atomic E-state index is 10.9. The van der Waals surface area contributed by atoms with Crippen LogP contribution in [0.2, 0.25) is 0 Å². The summed E-state index contributed by atoms with van der Waals surface area (Å²) in [5.41, 5.74) is 1.32. The SMILES string of the molecule is CC1CN(c2ccc(Br)c(C(=O)O)c2)C1. The molecule has 3 nitrogen and oxygen atoms in total. The van der Waals surface area contributed by atoms with Crippen LogP contribution in [-0.2, 0) is 0 Å². The van der Waals surface area contributed by atoms with E-state index in [0.29, 0.717) is 16.0 Å². The highest BCUT2D eigenvalue weighted by Gasteiger charge is 2.23. The molecule has 0 bridgehead atoms. The molecule has 2 rings (SSSR count). The van der Waals surface area contributed by atoms with Crippen LogP contribution in [0.3, 0.4) is 0 Å². The van der Waals surface area contributed by atoms with Crippen molar-refractivity contribution in [1.82, 2.24) is 0 Å². The lowest BCUT2D eigenvalue weighted by atomic mass is 10.0. The van der Waals surface area contributed by atoms with Crippen molar-refractivity contribution in [3.8, 4) is 0 Å². The summed E-state index contributed by atoms with van der Waals surface area (Å²) in [4.78, 5) is 13.1. The highest BCUT2D eigenvalue weighted by molar-refractivity contribution is 9.10. The molecule has 4 heteroatoms. The third-order valence-corrected chi connectivity index (χ3v) is 3.30. The molecule has 0 amide bonds. The molecule has 0 saturated carbocycles. The van der Waals surface area contributed by atoms with Gasteiger partial charge in [0.25, 0.3) is 0 Å². The summed E-state index contributed by atoms with van der Waals surface area (Å²) >= 11 is 3.23. The molecule has 1 saturated heterocycles. The molecule has 1 N–H and O–H groups in total. The minimum atomic E-state index is -0.891. The zero-order chi connectivity index (χ0) is 11.0. The Balaban J connectivity index is 2.27. The lowest BCUT2D eigenvalue weighted by Gasteiger charge is -2.39. The van der Waals surface area contributed by atoms with Crippen LogP contribution in [0.25, 0.3) is 0 Å². The molecule has 80 valence electrons. The molecular weight excluding hydrogens is 258 g/mol. The van der Waals surface area contributed by atoms with Crippen molar-refractivity contribution < 1.29 is 9.90 Å². The Hall–Kier alpha value is -1.03. The van der Waals surface area contributed by atoms with Crippen molar-refractivity contribution in [3.05, 3.63) is 28.2 Å². The standard InChI is InChI=1S/C11H12BrNO2/c1-7-5-13(6-7)8-2-3-10(12)9(4-8)11(14)15/h2-4,7H,5-6H2,1H3,(H,14,15). The summed E-state index contributed by atoms with van der Waals surface area (Å²) in [7, 11) is 0. The molecule has 1 aromatic rings. The monoisotopic (exact) mass is 269 g/mol. The third-order valence-electron chi connectivity index (χ3n) is 2.61. The van der Waals surface area contributed by atoms with Crippen LogP contribution in [0.15, 0.2) is 22.7 Å². The first-order valence-electron chi connectivity index (χ1n) is 4.85. The van der Waals surface area contributed by atoms with E-state index in [9.17, 15) is 4.79 Å². The summed E-state index contributed by atoms with van der Waals surface area (Å²) in [5.74, 6) is -0.181. The van der Waals surface area contributed by atoms with Crippen molar-refractivity contribution in [2.45, 2.75) is 6.92 Å². The normalized spacial score (nSPS) is 16.3. The second kappa shape index (κ2) is 3.85. The number of hydrogen-bond donors (Lipinski definition) is 1. The van der Waals surface area contributed by atoms with Gasteiger partial charge in [-0.05, 0) is 40.0 Å². The van der Waals surface area contributed by atoms with Crippen molar-refractivity contribution >= 4 is 27.6 Å². The second-order valence-electron chi connectivity index (χ2n) is 3.98. The van der Waals surface area contributed by atoms with E-state index in [-0.39, 0.29) is 0 Å². The summed E-state index contributed by atoms with van der Waals surface area (Å²) in [6.07, 6.45) is 0. The van der Waals surface area contributed by atoms with Gasteiger partial charge in [-0.1, -0.05) is 6.92 Å². The first-order chi connectivity index (χ1) is 7.08. The number of rotatable bonds is 2. The molecule has 1 heterocycles.